The first-order valence-electron chi connectivity index (χ1n) is 14.0. The molecule has 8 heteroatoms. The average Bonchev–Trinajstić information content (AvgIpc) is 3.40. The van der Waals surface area contributed by atoms with Crippen molar-refractivity contribution in [1.29, 1.82) is 0 Å². The minimum atomic E-state index is -0.741. The van der Waals surface area contributed by atoms with Crippen LogP contribution in [0.3, 0.4) is 0 Å². The summed E-state index contributed by atoms with van der Waals surface area (Å²) < 4.78 is 0. The molecule has 2 aromatic carbocycles. The van der Waals surface area contributed by atoms with Crippen LogP contribution in [0.4, 0.5) is 4.79 Å². The van der Waals surface area contributed by atoms with Gasteiger partial charge < -0.3 is 15.5 Å². The number of hydrogen-bond acceptors (Lipinski definition) is 5. The first-order valence-corrected chi connectivity index (χ1v) is 14.9. The van der Waals surface area contributed by atoms with Crippen LogP contribution in [0.1, 0.15) is 68.3 Å². The lowest BCUT2D eigenvalue weighted by atomic mass is 9.97. The summed E-state index contributed by atoms with van der Waals surface area (Å²) in [4.78, 5) is 45.6. The number of rotatable bonds is 14. The molecule has 0 aliphatic heterocycles. The molecule has 40 heavy (non-hydrogen) atoms. The molecule has 0 aliphatic carbocycles. The Hall–Kier alpha value is -3.52. The van der Waals surface area contributed by atoms with E-state index in [0.717, 1.165) is 21.8 Å². The molecule has 0 bridgehead atoms. The predicted molar refractivity (Wildman–Crippen MR) is 161 cm³/mol. The van der Waals surface area contributed by atoms with Crippen LogP contribution < -0.4 is 10.6 Å². The highest BCUT2D eigenvalue weighted by atomic mass is 32.1. The topological polar surface area (TPSA) is 91.4 Å². The van der Waals surface area contributed by atoms with E-state index >= 15 is 0 Å². The van der Waals surface area contributed by atoms with Crippen molar-refractivity contribution in [2.24, 2.45) is 5.92 Å². The molecular formula is C32H42N4O3S. The van der Waals surface area contributed by atoms with Gasteiger partial charge in [0.2, 0.25) is 5.91 Å². The van der Waals surface area contributed by atoms with Crippen LogP contribution in [0.2, 0.25) is 0 Å². The molecule has 0 unspecified atom stereocenters. The molecule has 3 amide bonds. The van der Waals surface area contributed by atoms with Crippen molar-refractivity contribution in [2.45, 2.75) is 77.9 Å². The van der Waals surface area contributed by atoms with E-state index in [9.17, 15) is 14.4 Å². The van der Waals surface area contributed by atoms with E-state index in [4.69, 9.17) is 0 Å². The van der Waals surface area contributed by atoms with Crippen molar-refractivity contribution in [3.8, 4) is 0 Å². The molecule has 0 spiro atoms. The summed E-state index contributed by atoms with van der Waals surface area (Å²) in [7, 11) is 1.70. The van der Waals surface area contributed by atoms with Crippen molar-refractivity contribution in [3.63, 3.8) is 0 Å². The number of aromatic nitrogens is 1. The minimum Gasteiger partial charge on any atom is -0.351 e. The van der Waals surface area contributed by atoms with Gasteiger partial charge in [-0.1, -0.05) is 88.4 Å². The summed E-state index contributed by atoms with van der Waals surface area (Å²) in [5.41, 5.74) is 2.98. The second kappa shape index (κ2) is 15.3. The number of Topliss-reactive ketones (excluding diaryl/α,β-unsaturated/α-hetero) is 1. The number of hydrogen-bond donors (Lipinski definition) is 2. The molecule has 0 radical (unpaired) electrons. The van der Waals surface area contributed by atoms with Gasteiger partial charge in [-0.25, -0.2) is 9.78 Å². The molecule has 0 fully saturated rings. The molecule has 214 valence electrons. The smallest absolute Gasteiger partial charge is 0.318 e. The summed E-state index contributed by atoms with van der Waals surface area (Å²) in [6.45, 7) is 8.34. The number of nitrogens with one attached hydrogen (secondary N) is 2. The zero-order valence-corrected chi connectivity index (χ0v) is 25.0. The van der Waals surface area contributed by atoms with E-state index < -0.39 is 6.04 Å². The highest BCUT2D eigenvalue weighted by Gasteiger charge is 2.28. The van der Waals surface area contributed by atoms with Gasteiger partial charge >= 0.3 is 6.03 Å². The standard InChI is InChI=1S/C32H42N4O3S/c1-22(2)29(35-32(39)36(5)20-27-21-40-31(34-27)23(3)4)30(38)33-26(18-25-14-10-7-11-15-25)19-28(37)17-16-24-12-8-6-9-13-24/h6-15,21-23,26,29H,16-20H2,1-5H3,(H,33,38)(H,35,39)/t26-,29-/m0/s1. The summed E-state index contributed by atoms with van der Waals surface area (Å²) in [5, 5.41) is 8.98. The van der Waals surface area contributed by atoms with Gasteiger partial charge in [-0.3, -0.25) is 9.59 Å². The van der Waals surface area contributed by atoms with Crippen LogP contribution in [0.5, 0.6) is 0 Å². The van der Waals surface area contributed by atoms with Crippen LogP contribution >= 0.6 is 11.3 Å². The monoisotopic (exact) mass is 562 g/mol. The van der Waals surface area contributed by atoms with E-state index in [-0.39, 0.29) is 36.1 Å². The first kappa shape index (κ1) is 31.0. The molecule has 0 aliphatic rings. The predicted octanol–water partition coefficient (Wildman–Crippen LogP) is 5.75. The second-order valence-electron chi connectivity index (χ2n) is 11.0. The van der Waals surface area contributed by atoms with Gasteiger partial charge in [0.25, 0.3) is 0 Å². The summed E-state index contributed by atoms with van der Waals surface area (Å²) in [6.07, 6.45) is 1.84. The highest BCUT2D eigenvalue weighted by molar-refractivity contribution is 7.09. The Kier molecular flexibility index (Phi) is 11.9. The number of thiazole rings is 1. The molecule has 1 heterocycles. The zero-order valence-electron chi connectivity index (χ0n) is 24.2. The Bertz CT molecular complexity index is 1230. The van der Waals surface area contributed by atoms with Gasteiger partial charge in [0.05, 0.1) is 17.2 Å². The Balaban J connectivity index is 1.63. The minimum absolute atomic E-state index is 0.0963. The molecular weight excluding hydrogens is 520 g/mol. The highest BCUT2D eigenvalue weighted by Crippen LogP contribution is 2.20. The number of benzene rings is 2. The van der Waals surface area contributed by atoms with Crippen molar-refractivity contribution < 1.29 is 14.4 Å². The molecule has 7 nitrogen and oxygen atoms in total. The van der Waals surface area contributed by atoms with Crippen molar-refractivity contribution in [1.82, 2.24) is 20.5 Å². The molecule has 2 N–H and O–H groups in total. The number of carbonyl (C=O) groups is 3. The van der Waals surface area contributed by atoms with Crippen LogP contribution in [0.15, 0.2) is 66.0 Å². The van der Waals surface area contributed by atoms with Gasteiger partial charge in [-0.2, -0.15) is 0 Å². The summed E-state index contributed by atoms with van der Waals surface area (Å²) >= 11 is 1.59. The Morgan fingerprint density at radius 1 is 0.900 bits per heavy atom. The number of ketones is 1. The number of nitrogens with zero attached hydrogens (tertiary/aromatic N) is 2. The maximum Gasteiger partial charge on any atom is 0.318 e. The lowest BCUT2D eigenvalue weighted by Gasteiger charge is -2.27. The lowest BCUT2D eigenvalue weighted by Crippen LogP contribution is -2.54. The van der Waals surface area contributed by atoms with Gasteiger partial charge in [-0.05, 0) is 29.9 Å². The van der Waals surface area contributed by atoms with E-state index in [1.165, 1.54) is 4.90 Å². The fourth-order valence-corrected chi connectivity index (χ4v) is 5.25. The van der Waals surface area contributed by atoms with Crippen molar-refractivity contribution in [2.75, 3.05) is 7.05 Å². The molecule has 3 rings (SSSR count). The second-order valence-corrected chi connectivity index (χ2v) is 11.9. The maximum atomic E-state index is 13.5. The fraction of sp³-hybridized carbons (Fsp3) is 0.438. The molecule has 1 aromatic heterocycles. The Morgan fingerprint density at radius 2 is 1.52 bits per heavy atom. The van der Waals surface area contributed by atoms with Crippen LogP contribution in [0, 0.1) is 5.92 Å². The van der Waals surface area contributed by atoms with Crippen LogP contribution in [-0.2, 0) is 29.0 Å². The van der Waals surface area contributed by atoms with Crippen molar-refractivity contribution in [3.05, 3.63) is 87.9 Å². The zero-order chi connectivity index (χ0) is 29.1. The van der Waals surface area contributed by atoms with E-state index in [2.05, 4.69) is 29.5 Å². The number of urea groups is 1. The van der Waals surface area contributed by atoms with Gasteiger partial charge in [0, 0.05) is 37.2 Å². The van der Waals surface area contributed by atoms with E-state index in [1.54, 1.807) is 18.4 Å². The third kappa shape index (κ3) is 9.90. The third-order valence-corrected chi connectivity index (χ3v) is 7.91. The fourth-order valence-electron chi connectivity index (χ4n) is 4.42. The number of amides is 3. The van der Waals surface area contributed by atoms with Gasteiger partial charge in [0.1, 0.15) is 11.8 Å². The lowest BCUT2D eigenvalue weighted by molar-refractivity contribution is -0.125. The average molecular weight is 563 g/mol. The third-order valence-electron chi connectivity index (χ3n) is 6.72. The van der Waals surface area contributed by atoms with Gasteiger partial charge in [-0.15, -0.1) is 11.3 Å². The Labute approximate surface area is 242 Å². The largest absolute Gasteiger partial charge is 0.351 e. The summed E-state index contributed by atoms with van der Waals surface area (Å²) in [5.74, 6) is -0.000418. The van der Waals surface area contributed by atoms with Gasteiger partial charge in [0.15, 0.2) is 0 Å². The molecule has 0 saturated carbocycles. The molecule has 0 saturated heterocycles. The number of aryl methyl sites for hydroxylation is 1. The van der Waals surface area contributed by atoms with E-state index in [0.29, 0.717) is 31.7 Å². The summed E-state index contributed by atoms with van der Waals surface area (Å²) in [6, 6.07) is 18.3. The Morgan fingerprint density at radius 3 is 2.10 bits per heavy atom. The first-order chi connectivity index (χ1) is 19.1. The normalized spacial score (nSPS) is 12.7. The SMILES string of the molecule is CC(C)c1nc(CN(C)C(=O)N[C@H](C(=O)N[C@H](CC(=O)CCc2ccccc2)Cc2ccccc2)C(C)C)cs1. The van der Waals surface area contributed by atoms with Crippen molar-refractivity contribution >= 4 is 29.1 Å². The maximum absolute atomic E-state index is 13.5. The van der Waals surface area contributed by atoms with E-state index in [1.807, 2.05) is 79.9 Å². The number of carbonyl (C=O) groups excluding carboxylic acids is 3. The quantitative estimate of drug-likeness (QED) is 0.262. The molecule has 3 aromatic rings. The van der Waals surface area contributed by atoms with Crippen LogP contribution in [0.25, 0.3) is 0 Å². The molecule has 2 atom stereocenters. The van der Waals surface area contributed by atoms with Crippen LogP contribution in [-0.4, -0.2) is 46.7 Å².